The van der Waals surface area contributed by atoms with Gasteiger partial charge in [0, 0.05) is 16.9 Å². The normalized spacial score (nSPS) is 30.9. The van der Waals surface area contributed by atoms with Gasteiger partial charge in [0.25, 0.3) is 0 Å². The third-order valence-corrected chi connectivity index (χ3v) is 9.80. The highest BCUT2D eigenvalue weighted by Gasteiger charge is 2.66. The predicted octanol–water partition coefficient (Wildman–Crippen LogP) is 3.65. The number of rotatable bonds is 6. The number of ketones is 1. The fourth-order valence-corrected chi connectivity index (χ4v) is 7.95. The van der Waals surface area contributed by atoms with E-state index >= 15 is 0 Å². The quantitative estimate of drug-likeness (QED) is 0.406. The van der Waals surface area contributed by atoms with Gasteiger partial charge in [-0.15, -0.1) is 0 Å². The van der Waals surface area contributed by atoms with Gasteiger partial charge in [0.1, 0.15) is 0 Å². The van der Waals surface area contributed by atoms with Crippen LogP contribution in [0.5, 0.6) is 0 Å². The summed E-state index contributed by atoms with van der Waals surface area (Å²) in [5, 5.41) is 0. The Labute approximate surface area is 228 Å². The first kappa shape index (κ1) is 27.0. The molecule has 0 spiro atoms. The van der Waals surface area contributed by atoms with E-state index < -0.39 is 52.9 Å². The minimum atomic E-state index is -0.896. The molecule has 206 valence electrons. The van der Waals surface area contributed by atoms with Gasteiger partial charge in [-0.3, -0.25) is 24.1 Å². The number of esters is 2. The molecule has 39 heavy (non-hydrogen) atoms. The fourth-order valence-electron chi connectivity index (χ4n) is 7.95. The van der Waals surface area contributed by atoms with Crippen LogP contribution in [0.25, 0.3) is 0 Å². The number of benzene rings is 1. The van der Waals surface area contributed by atoms with Gasteiger partial charge in [-0.05, 0) is 42.2 Å². The van der Waals surface area contributed by atoms with Crippen molar-refractivity contribution in [3.8, 4) is 0 Å². The summed E-state index contributed by atoms with van der Waals surface area (Å²) in [4.78, 5) is 69.8. The van der Waals surface area contributed by atoms with Crippen LogP contribution >= 0.6 is 0 Å². The molecule has 1 aromatic rings. The Bertz CT molecular complexity index is 1310. The summed E-state index contributed by atoms with van der Waals surface area (Å²) in [5.41, 5.74) is 1.52. The highest BCUT2D eigenvalue weighted by Crippen LogP contribution is 2.64. The topological polar surface area (TPSA) is 107 Å². The Balaban J connectivity index is 1.70. The molecular formula is C31H35NO7. The second kappa shape index (κ2) is 9.88. The molecule has 2 amide bonds. The maximum atomic E-state index is 14.3. The lowest BCUT2D eigenvalue weighted by atomic mass is 9.61. The van der Waals surface area contributed by atoms with Crippen molar-refractivity contribution in [3.63, 3.8) is 0 Å². The third-order valence-electron chi connectivity index (χ3n) is 9.80. The molecule has 1 heterocycles. The molecule has 1 aromatic carbocycles. The fraction of sp³-hybridized carbons (Fsp3) is 0.516. The van der Waals surface area contributed by atoms with Crippen LogP contribution in [-0.2, 0) is 40.0 Å². The maximum absolute atomic E-state index is 14.3. The summed E-state index contributed by atoms with van der Waals surface area (Å²) in [6, 6.07) is 9.32. The Morgan fingerprint density at radius 1 is 0.974 bits per heavy atom. The van der Waals surface area contributed by atoms with Crippen LogP contribution in [0.1, 0.15) is 45.6 Å². The van der Waals surface area contributed by atoms with E-state index in [0.29, 0.717) is 18.4 Å². The van der Waals surface area contributed by atoms with Crippen molar-refractivity contribution in [2.45, 2.75) is 46.6 Å². The van der Waals surface area contributed by atoms with Gasteiger partial charge in [0.15, 0.2) is 5.78 Å². The van der Waals surface area contributed by atoms with Crippen LogP contribution in [0, 0.1) is 40.9 Å². The number of imide groups is 1. The van der Waals surface area contributed by atoms with Crippen molar-refractivity contribution in [3.05, 3.63) is 58.7 Å². The number of ether oxygens (including phenoxy) is 2. The lowest BCUT2D eigenvalue weighted by Gasteiger charge is -2.39. The molecular weight excluding hydrogens is 498 g/mol. The number of hydrogen-bond donors (Lipinski definition) is 0. The van der Waals surface area contributed by atoms with Gasteiger partial charge >= 0.3 is 11.9 Å². The number of hydrogen-bond acceptors (Lipinski definition) is 7. The Hall–Kier alpha value is -3.55. The number of amides is 2. The Morgan fingerprint density at radius 2 is 1.62 bits per heavy atom. The van der Waals surface area contributed by atoms with Gasteiger partial charge in [-0.25, -0.2) is 4.79 Å². The standard InChI is InChI=1S/C31H35NO7/c1-6-31(7-2)25-20(30(37)39-5)14-18(29(36)38-4)13-19-23(25)21(26(31)33)16(3)22-24(19)28(35)32(27(22)34)15-17-11-9-8-10-12-17/h8-12,14,16,19-20,22,24-25H,6-7,13,15H2,1-5H3/t16-,19+,20+,22-,24+,25+/m0/s1. The summed E-state index contributed by atoms with van der Waals surface area (Å²) >= 11 is 0. The molecule has 1 fully saturated rings. The summed E-state index contributed by atoms with van der Waals surface area (Å²) in [6.45, 7) is 5.87. The van der Waals surface area contributed by atoms with E-state index in [0.717, 1.165) is 11.1 Å². The second-order valence-corrected chi connectivity index (χ2v) is 11.2. The first-order chi connectivity index (χ1) is 18.7. The van der Waals surface area contributed by atoms with Crippen LogP contribution in [0.15, 0.2) is 53.1 Å². The third kappa shape index (κ3) is 3.74. The minimum Gasteiger partial charge on any atom is -0.469 e. The molecule has 0 unspecified atom stereocenters. The van der Waals surface area contributed by atoms with Gasteiger partial charge < -0.3 is 9.47 Å². The van der Waals surface area contributed by atoms with Crippen LogP contribution < -0.4 is 0 Å². The molecule has 1 saturated heterocycles. The largest absolute Gasteiger partial charge is 0.469 e. The molecule has 4 aliphatic rings. The van der Waals surface area contributed by atoms with E-state index in [1.54, 1.807) is 6.08 Å². The van der Waals surface area contributed by atoms with Gasteiger partial charge in [-0.2, -0.15) is 0 Å². The van der Waals surface area contributed by atoms with E-state index in [1.165, 1.54) is 19.1 Å². The minimum absolute atomic E-state index is 0.0472. The van der Waals surface area contributed by atoms with Crippen LogP contribution in [0.4, 0.5) is 0 Å². The Morgan fingerprint density at radius 3 is 2.21 bits per heavy atom. The molecule has 8 nitrogen and oxygen atoms in total. The van der Waals surface area contributed by atoms with Crippen molar-refractivity contribution in [1.29, 1.82) is 0 Å². The molecule has 6 atom stereocenters. The number of allylic oxidation sites excluding steroid dienone is 2. The summed E-state index contributed by atoms with van der Waals surface area (Å²) in [7, 11) is 2.57. The summed E-state index contributed by atoms with van der Waals surface area (Å²) in [5.74, 6) is -5.74. The molecule has 0 aromatic heterocycles. The molecule has 0 saturated carbocycles. The van der Waals surface area contributed by atoms with Crippen molar-refractivity contribution in [2.75, 3.05) is 14.2 Å². The molecule has 5 rings (SSSR count). The molecule has 3 aliphatic carbocycles. The lowest BCUT2D eigenvalue weighted by Crippen LogP contribution is -2.41. The number of Topliss-reactive ketones (excluding diaryl/α,β-unsaturated/α-hetero) is 1. The number of fused-ring (bicyclic) bond motifs is 2. The van der Waals surface area contributed by atoms with E-state index in [1.807, 2.05) is 51.1 Å². The SMILES string of the molecule is CCC1(CC)C(=O)C2=C3[C@@H](CC(C(=O)OC)=C[C@@H](C(=O)OC)[C@H]31)[C@H]1C(=O)N(Cc3ccccc3)C(=O)[C@H]1[C@H]2C. The van der Waals surface area contributed by atoms with Crippen LogP contribution in [0.3, 0.4) is 0 Å². The number of carbonyl (C=O) groups is 5. The predicted molar refractivity (Wildman–Crippen MR) is 140 cm³/mol. The van der Waals surface area contributed by atoms with E-state index in [4.69, 9.17) is 9.47 Å². The van der Waals surface area contributed by atoms with Crippen molar-refractivity contribution in [1.82, 2.24) is 4.90 Å². The zero-order valence-corrected chi connectivity index (χ0v) is 23.1. The Kier molecular flexibility index (Phi) is 6.85. The van der Waals surface area contributed by atoms with Crippen molar-refractivity contribution in [2.24, 2.45) is 40.9 Å². The summed E-state index contributed by atoms with van der Waals surface area (Å²) < 4.78 is 10.3. The first-order valence-corrected chi connectivity index (χ1v) is 13.7. The molecule has 1 aliphatic heterocycles. The van der Waals surface area contributed by atoms with Gasteiger partial charge in [-0.1, -0.05) is 62.8 Å². The molecule has 8 heteroatoms. The number of methoxy groups -OCH3 is 2. The van der Waals surface area contributed by atoms with Gasteiger partial charge in [0.05, 0.1) is 38.5 Å². The van der Waals surface area contributed by atoms with E-state index in [2.05, 4.69) is 0 Å². The number of carbonyl (C=O) groups excluding carboxylic acids is 5. The average Bonchev–Trinajstić information content (AvgIpc) is 3.26. The lowest BCUT2D eigenvalue weighted by molar-refractivity contribution is -0.147. The summed E-state index contributed by atoms with van der Waals surface area (Å²) in [6.07, 6.45) is 2.66. The van der Waals surface area contributed by atoms with Crippen LogP contribution in [-0.4, -0.2) is 48.7 Å². The van der Waals surface area contributed by atoms with Crippen molar-refractivity contribution >= 4 is 29.5 Å². The molecule has 0 N–H and O–H groups in total. The number of likely N-dealkylation sites (tertiary alicyclic amines) is 1. The average molecular weight is 534 g/mol. The highest BCUT2D eigenvalue weighted by atomic mass is 16.5. The molecule has 0 radical (unpaired) electrons. The van der Waals surface area contributed by atoms with Gasteiger partial charge in [0.2, 0.25) is 11.8 Å². The zero-order chi connectivity index (χ0) is 28.2. The molecule has 0 bridgehead atoms. The highest BCUT2D eigenvalue weighted by molar-refractivity contribution is 6.11. The smallest absolute Gasteiger partial charge is 0.333 e. The van der Waals surface area contributed by atoms with E-state index in [-0.39, 0.29) is 36.1 Å². The monoisotopic (exact) mass is 533 g/mol. The van der Waals surface area contributed by atoms with E-state index in [9.17, 15) is 24.0 Å². The first-order valence-electron chi connectivity index (χ1n) is 13.7. The number of nitrogens with zero attached hydrogens (tertiary/aromatic N) is 1. The zero-order valence-electron chi connectivity index (χ0n) is 23.1. The van der Waals surface area contributed by atoms with Crippen molar-refractivity contribution < 1.29 is 33.4 Å². The van der Waals surface area contributed by atoms with Crippen LogP contribution in [0.2, 0.25) is 0 Å². The maximum Gasteiger partial charge on any atom is 0.333 e. The second-order valence-electron chi connectivity index (χ2n) is 11.2.